The lowest BCUT2D eigenvalue weighted by molar-refractivity contribution is 0.237. The van der Waals surface area contributed by atoms with E-state index in [4.69, 9.17) is 10.00 Å². The maximum Gasteiger partial charge on any atom is 0.136 e. The van der Waals surface area contributed by atoms with Gasteiger partial charge in [-0.1, -0.05) is 6.07 Å². The third-order valence-electron chi connectivity index (χ3n) is 3.81. The number of nitrogens with one attached hydrogen (secondary N) is 1. The lowest BCUT2D eigenvalue weighted by Gasteiger charge is -2.27. The Morgan fingerprint density at radius 1 is 1.50 bits per heavy atom. The Bertz CT molecular complexity index is 475. The molecule has 1 unspecified atom stereocenters. The van der Waals surface area contributed by atoms with Gasteiger partial charge in [0.25, 0.3) is 0 Å². The fourth-order valence-corrected chi connectivity index (χ4v) is 2.84. The summed E-state index contributed by atoms with van der Waals surface area (Å²) < 4.78 is 5.17. The van der Waals surface area contributed by atoms with E-state index in [0.717, 1.165) is 37.7 Å². The maximum atomic E-state index is 9.12. The highest BCUT2D eigenvalue weighted by atomic mass is 16.5. The van der Waals surface area contributed by atoms with Crippen LogP contribution in [0.25, 0.3) is 0 Å². The van der Waals surface area contributed by atoms with Crippen LogP contribution in [0.2, 0.25) is 0 Å². The summed E-state index contributed by atoms with van der Waals surface area (Å²) in [4.78, 5) is 2.33. The van der Waals surface area contributed by atoms with Crippen molar-refractivity contribution in [3.63, 3.8) is 0 Å². The van der Waals surface area contributed by atoms with Crippen molar-refractivity contribution in [2.24, 2.45) is 5.92 Å². The van der Waals surface area contributed by atoms with E-state index in [0.29, 0.717) is 11.3 Å². The van der Waals surface area contributed by atoms with E-state index in [1.54, 1.807) is 7.11 Å². The van der Waals surface area contributed by atoms with E-state index in [-0.39, 0.29) is 0 Å². The fraction of sp³-hybridized carbons (Fsp3) is 0.562. The van der Waals surface area contributed by atoms with Crippen LogP contribution in [0.4, 0.5) is 0 Å². The monoisotopic (exact) mass is 273 g/mol. The molecular formula is C16H23N3O. The van der Waals surface area contributed by atoms with Crippen LogP contribution in [0, 0.1) is 17.2 Å². The second kappa shape index (κ2) is 7.28. The third-order valence-corrected chi connectivity index (χ3v) is 3.81. The molecule has 1 aromatic rings. The number of nitrogens with zero attached hydrogens (tertiary/aromatic N) is 2. The molecule has 0 spiro atoms. The highest BCUT2D eigenvalue weighted by molar-refractivity contribution is 5.45. The molecule has 1 aromatic carbocycles. The summed E-state index contributed by atoms with van der Waals surface area (Å²) in [7, 11) is 3.74. The Labute approximate surface area is 121 Å². The maximum absolute atomic E-state index is 9.12. The molecule has 0 bridgehead atoms. The summed E-state index contributed by atoms with van der Waals surface area (Å²) in [5.41, 5.74) is 1.77. The minimum Gasteiger partial charge on any atom is -0.495 e. The van der Waals surface area contributed by atoms with Crippen molar-refractivity contribution < 1.29 is 4.74 Å². The molecule has 1 atom stereocenters. The van der Waals surface area contributed by atoms with Crippen molar-refractivity contribution >= 4 is 0 Å². The summed E-state index contributed by atoms with van der Waals surface area (Å²) in [5.74, 6) is 1.39. The van der Waals surface area contributed by atoms with Crippen LogP contribution in [-0.4, -0.2) is 38.7 Å². The zero-order chi connectivity index (χ0) is 14.4. The molecular weight excluding hydrogens is 250 g/mol. The zero-order valence-electron chi connectivity index (χ0n) is 12.4. The second-order valence-electron chi connectivity index (χ2n) is 5.56. The Balaban J connectivity index is 1.93. The van der Waals surface area contributed by atoms with Gasteiger partial charge in [-0.2, -0.15) is 5.26 Å². The van der Waals surface area contributed by atoms with Gasteiger partial charge >= 0.3 is 0 Å². The number of nitriles is 1. The standard InChI is InChI=1S/C16H23N3O/c1-19(12-14-4-3-7-18-10-14)11-13-5-6-16(20-2)15(8-13)9-17/h5-6,8,14,18H,3-4,7,10-12H2,1-2H3. The quantitative estimate of drug-likeness (QED) is 0.891. The molecule has 0 amide bonds. The lowest BCUT2D eigenvalue weighted by atomic mass is 9.99. The molecule has 0 radical (unpaired) electrons. The number of hydrogen-bond donors (Lipinski definition) is 1. The van der Waals surface area contributed by atoms with E-state index < -0.39 is 0 Å². The molecule has 0 aliphatic carbocycles. The van der Waals surface area contributed by atoms with Gasteiger partial charge in [0.15, 0.2) is 0 Å². The molecule has 1 fully saturated rings. The largest absolute Gasteiger partial charge is 0.495 e. The van der Waals surface area contributed by atoms with Crippen molar-refractivity contribution in [1.29, 1.82) is 5.26 Å². The molecule has 1 N–H and O–H groups in total. The SMILES string of the molecule is COc1ccc(CN(C)CC2CCCNC2)cc1C#N. The molecule has 4 heteroatoms. The molecule has 1 aliphatic rings. The van der Waals surface area contributed by atoms with Gasteiger partial charge in [-0.25, -0.2) is 0 Å². The van der Waals surface area contributed by atoms with Crippen molar-refractivity contribution in [3.8, 4) is 11.8 Å². The molecule has 0 aromatic heterocycles. The van der Waals surface area contributed by atoms with Crippen LogP contribution in [0.1, 0.15) is 24.0 Å². The topological polar surface area (TPSA) is 48.3 Å². The normalized spacial score (nSPS) is 18.8. The van der Waals surface area contributed by atoms with Crippen LogP contribution in [-0.2, 0) is 6.54 Å². The van der Waals surface area contributed by atoms with E-state index in [2.05, 4.69) is 23.3 Å². The molecule has 1 heterocycles. The van der Waals surface area contributed by atoms with Crippen molar-refractivity contribution in [3.05, 3.63) is 29.3 Å². The van der Waals surface area contributed by atoms with E-state index >= 15 is 0 Å². The summed E-state index contributed by atoms with van der Waals surface area (Å²) in [5, 5.41) is 12.6. The Morgan fingerprint density at radius 3 is 3.00 bits per heavy atom. The first kappa shape index (κ1) is 14.8. The van der Waals surface area contributed by atoms with Gasteiger partial charge < -0.3 is 15.0 Å². The summed E-state index contributed by atoms with van der Waals surface area (Å²) in [6, 6.07) is 8.03. The first-order valence-corrected chi connectivity index (χ1v) is 7.19. The van der Waals surface area contributed by atoms with Crippen molar-refractivity contribution in [1.82, 2.24) is 10.2 Å². The van der Waals surface area contributed by atoms with Crippen LogP contribution < -0.4 is 10.1 Å². The molecule has 108 valence electrons. The third kappa shape index (κ3) is 3.96. The predicted octanol–water partition coefficient (Wildman–Crippen LogP) is 2.00. The van der Waals surface area contributed by atoms with Crippen molar-refractivity contribution in [2.75, 3.05) is 33.8 Å². The number of benzene rings is 1. The number of ether oxygens (including phenoxy) is 1. The molecule has 1 saturated heterocycles. The average molecular weight is 273 g/mol. The van der Waals surface area contributed by atoms with Crippen LogP contribution in [0.5, 0.6) is 5.75 Å². The van der Waals surface area contributed by atoms with Crippen LogP contribution in [0.15, 0.2) is 18.2 Å². The minimum absolute atomic E-state index is 0.609. The van der Waals surface area contributed by atoms with E-state index in [1.807, 2.05) is 18.2 Å². The molecule has 0 saturated carbocycles. The Hall–Kier alpha value is -1.57. The highest BCUT2D eigenvalue weighted by Gasteiger charge is 2.15. The van der Waals surface area contributed by atoms with Gasteiger partial charge in [0.2, 0.25) is 0 Å². The number of hydrogen-bond acceptors (Lipinski definition) is 4. The van der Waals surface area contributed by atoms with E-state index in [9.17, 15) is 0 Å². The van der Waals surface area contributed by atoms with Crippen molar-refractivity contribution in [2.45, 2.75) is 19.4 Å². The number of piperidine rings is 1. The smallest absolute Gasteiger partial charge is 0.136 e. The summed E-state index contributed by atoms with van der Waals surface area (Å²) >= 11 is 0. The van der Waals surface area contributed by atoms with Gasteiger partial charge in [-0.3, -0.25) is 0 Å². The molecule has 4 nitrogen and oxygen atoms in total. The van der Waals surface area contributed by atoms with Gasteiger partial charge in [0.05, 0.1) is 12.7 Å². The Kier molecular flexibility index (Phi) is 5.40. The first-order chi connectivity index (χ1) is 9.72. The summed E-state index contributed by atoms with van der Waals surface area (Å²) in [6.07, 6.45) is 2.59. The van der Waals surface area contributed by atoms with Gasteiger partial charge in [0, 0.05) is 13.1 Å². The lowest BCUT2D eigenvalue weighted by Crippen LogP contribution is -2.36. The van der Waals surface area contributed by atoms with Gasteiger partial charge in [-0.15, -0.1) is 0 Å². The molecule has 2 rings (SSSR count). The predicted molar refractivity (Wildman–Crippen MR) is 79.6 cm³/mol. The number of methoxy groups -OCH3 is 1. The minimum atomic E-state index is 0.609. The van der Waals surface area contributed by atoms with E-state index in [1.165, 1.54) is 12.8 Å². The van der Waals surface area contributed by atoms with Crippen LogP contribution in [0.3, 0.4) is 0 Å². The average Bonchev–Trinajstić information content (AvgIpc) is 2.48. The van der Waals surface area contributed by atoms with Crippen LogP contribution >= 0.6 is 0 Å². The summed E-state index contributed by atoms with van der Waals surface area (Å²) in [6.45, 7) is 4.25. The Morgan fingerprint density at radius 2 is 2.35 bits per heavy atom. The second-order valence-corrected chi connectivity index (χ2v) is 5.56. The number of rotatable bonds is 5. The first-order valence-electron chi connectivity index (χ1n) is 7.19. The molecule has 20 heavy (non-hydrogen) atoms. The zero-order valence-corrected chi connectivity index (χ0v) is 12.4. The van der Waals surface area contributed by atoms with Gasteiger partial charge in [-0.05, 0) is 56.6 Å². The molecule has 1 aliphatic heterocycles. The van der Waals surface area contributed by atoms with Gasteiger partial charge in [0.1, 0.15) is 11.8 Å². The highest BCUT2D eigenvalue weighted by Crippen LogP contribution is 2.20. The fourth-order valence-electron chi connectivity index (χ4n) is 2.84.